The molecule has 1 N–H and O–H groups in total. The summed E-state index contributed by atoms with van der Waals surface area (Å²) in [4.78, 5) is 37.0. The van der Waals surface area contributed by atoms with Crippen LogP contribution in [0.2, 0.25) is 0 Å². The summed E-state index contributed by atoms with van der Waals surface area (Å²) in [6, 6.07) is -0.779. The first-order valence-corrected chi connectivity index (χ1v) is 10.8. The van der Waals surface area contributed by atoms with Crippen molar-refractivity contribution in [3.8, 4) is 0 Å². The summed E-state index contributed by atoms with van der Waals surface area (Å²) in [5.41, 5.74) is -0.652. The molecule has 1 fully saturated rings. The van der Waals surface area contributed by atoms with Gasteiger partial charge in [0.2, 0.25) is 0 Å². The summed E-state index contributed by atoms with van der Waals surface area (Å²) in [5.74, 6) is -0.992. The number of hydrogen-bond acceptors (Lipinski definition) is 6. The number of hydrogen-bond donors (Lipinski definition) is 1. The molecular formula is C22H39NO6. The maximum Gasteiger partial charge on any atom is 0.408 e. The molecule has 29 heavy (non-hydrogen) atoms. The molecule has 1 aliphatic rings. The van der Waals surface area contributed by atoms with Crippen molar-refractivity contribution < 1.29 is 28.6 Å². The predicted molar refractivity (Wildman–Crippen MR) is 110 cm³/mol. The minimum atomic E-state index is -0.779. The second-order valence-corrected chi connectivity index (χ2v) is 9.21. The van der Waals surface area contributed by atoms with Crippen LogP contribution in [-0.2, 0) is 23.8 Å². The van der Waals surface area contributed by atoms with Gasteiger partial charge < -0.3 is 19.5 Å². The number of nitrogens with one attached hydrogen (secondary N) is 1. The second-order valence-electron chi connectivity index (χ2n) is 9.21. The average Bonchev–Trinajstić information content (AvgIpc) is 2.62. The van der Waals surface area contributed by atoms with Gasteiger partial charge in [-0.25, -0.2) is 9.59 Å². The molecular weight excluding hydrogens is 374 g/mol. The van der Waals surface area contributed by atoms with Gasteiger partial charge in [0.25, 0.3) is 0 Å². The van der Waals surface area contributed by atoms with Crippen molar-refractivity contribution in [2.24, 2.45) is 11.8 Å². The van der Waals surface area contributed by atoms with Crippen molar-refractivity contribution >= 4 is 18.0 Å². The number of amides is 1. The zero-order valence-corrected chi connectivity index (χ0v) is 19.1. The fourth-order valence-electron chi connectivity index (χ4n) is 3.38. The van der Waals surface area contributed by atoms with Gasteiger partial charge in [-0.15, -0.1) is 0 Å². The van der Waals surface area contributed by atoms with Gasteiger partial charge in [0.05, 0.1) is 5.92 Å². The standard InChI is InChI=1S/C22H39NO6/c1-8-9-11-16-15(4)27-20(25)17(23-21(26)29-22(5,6)7)12-10-13-18(16)28-19(24)14(2)3/h14-18H,8-13H2,1-7H3,(H,23,26). The zero-order chi connectivity index (χ0) is 22.2. The molecule has 1 rings (SSSR count). The van der Waals surface area contributed by atoms with Gasteiger partial charge in [-0.3, -0.25) is 4.79 Å². The maximum atomic E-state index is 12.7. The van der Waals surface area contributed by atoms with E-state index in [-0.39, 0.29) is 23.9 Å². The molecule has 1 saturated heterocycles. The molecule has 7 heteroatoms. The lowest BCUT2D eigenvalue weighted by molar-refractivity contribution is -0.164. The highest BCUT2D eigenvalue weighted by atomic mass is 16.6. The minimum absolute atomic E-state index is 0.0677. The summed E-state index contributed by atoms with van der Waals surface area (Å²) in [6.07, 6.45) is 3.07. The van der Waals surface area contributed by atoms with Crippen LogP contribution in [0.3, 0.4) is 0 Å². The average molecular weight is 414 g/mol. The number of esters is 2. The van der Waals surface area contributed by atoms with Gasteiger partial charge in [-0.1, -0.05) is 33.6 Å². The molecule has 0 saturated carbocycles. The molecule has 168 valence electrons. The molecule has 4 unspecified atom stereocenters. The van der Waals surface area contributed by atoms with Gasteiger partial charge >= 0.3 is 18.0 Å². The Kier molecular flexibility index (Phi) is 9.93. The minimum Gasteiger partial charge on any atom is -0.462 e. The fraction of sp³-hybridized carbons (Fsp3) is 0.864. The van der Waals surface area contributed by atoms with Crippen molar-refractivity contribution in [3.05, 3.63) is 0 Å². The quantitative estimate of drug-likeness (QED) is 0.514. The Morgan fingerprint density at radius 2 is 1.90 bits per heavy atom. The molecule has 1 aliphatic heterocycles. The van der Waals surface area contributed by atoms with Crippen LogP contribution >= 0.6 is 0 Å². The third-order valence-electron chi connectivity index (χ3n) is 4.97. The van der Waals surface area contributed by atoms with Crippen LogP contribution in [-0.4, -0.2) is 41.9 Å². The number of cyclic esters (lactones) is 1. The number of unbranched alkanes of at least 4 members (excludes halogenated alkanes) is 1. The Morgan fingerprint density at radius 3 is 2.45 bits per heavy atom. The first-order chi connectivity index (χ1) is 13.4. The van der Waals surface area contributed by atoms with E-state index >= 15 is 0 Å². The van der Waals surface area contributed by atoms with E-state index in [0.717, 1.165) is 19.3 Å². The summed E-state index contributed by atoms with van der Waals surface area (Å²) < 4.78 is 16.8. The monoisotopic (exact) mass is 413 g/mol. The summed E-state index contributed by atoms with van der Waals surface area (Å²) in [6.45, 7) is 12.9. The van der Waals surface area contributed by atoms with Crippen LogP contribution in [0.4, 0.5) is 4.79 Å². The van der Waals surface area contributed by atoms with Crippen molar-refractivity contribution in [2.75, 3.05) is 0 Å². The van der Waals surface area contributed by atoms with Gasteiger partial charge in [0.1, 0.15) is 23.9 Å². The Labute approximate surface area is 175 Å². The molecule has 1 heterocycles. The van der Waals surface area contributed by atoms with E-state index < -0.39 is 29.8 Å². The number of ether oxygens (including phenoxy) is 3. The van der Waals surface area contributed by atoms with E-state index in [1.54, 1.807) is 20.8 Å². The lowest BCUT2D eigenvalue weighted by Gasteiger charge is -2.31. The third kappa shape index (κ3) is 9.05. The van der Waals surface area contributed by atoms with Gasteiger partial charge in [0.15, 0.2) is 0 Å². The largest absolute Gasteiger partial charge is 0.462 e. The highest BCUT2D eigenvalue weighted by molar-refractivity contribution is 5.81. The van der Waals surface area contributed by atoms with Crippen LogP contribution in [0, 0.1) is 11.8 Å². The lowest BCUT2D eigenvalue weighted by atomic mass is 9.88. The highest BCUT2D eigenvalue weighted by Crippen LogP contribution is 2.29. The molecule has 0 aliphatic carbocycles. The van der Waals surface area contributed by atoms with E-state index in [0.29, 0.717) is 19.3 Å². The first-order valence-electron chi connectivity index (χ1n) is 10.8. The Hall–Kier alpha value is -1.79. The SMILES string of the molecule is CCCCC1C(C)OC(=O)C(NC(=O)OC(C)(C)C)CCCC1OC(=O)C(C)C. The number of carbonyl (C=O) groups is 3. The van der Waals surface area contributed by atoms with Crippen LogP contribution in [0.5, 0.6) is 0 Å². The summed E-state index contributed by atoms with van der Waals surface area (Å²) in [7, 11) is 0. The second kappa shape index (κ2) is 11.4. The topological polar surface area (TPSA) is 90.9 Å². The van der Waals surface area contributed by atoms with Gasteiger partial charge in [0, 0.05) is 5.92 Å². The molecule has 4 atom stereocenters. The van der Waals surface area contributed by atoms with E-state index in [1.165, 1.54) is 0 Å². The highest BCUT2D eigenvalue weighted by Gasteiger charge is 2.36. The first kappa shape index (κ1) is 25.2. The van der Waals surface area contributed by atoms with Crippen molar-refractivity contribution in [3.63, 3.8) is 0 Å². The lowest BCUT2D eigenvalue weighted by Crippen LogP contribution is -2.45. The van der Waals surface area contributed by atoms with Gasteiger partial charge in [-0.2, -0.15) is 0 Å². The van der Waals surface area contributed by atoms with Crippen LogP contribution in [0.1, 0.15) is 87.0 Å². The van der Waals surface area contributed by atoms with Crippen LogP contribution in [0.25, 0.3) is 0 Å². The van der Waals surface area contributed by atoms with Crippen molar-refractivity contribution in [1.82, 2.24) is 5.32 Å². The fourth-order valence-corrected chi connectivity index (χ4v) is 3.38. The molecule has 0 aromatic carbocycles. The summed E-state index contributed by atoms with van der Waals surface area (Å²) in [5, 5.41) is 2.63. The molecule has 0 radical (unpaired) electrons. The van der Waals surface area contributed by atoms with E-state index in [9.17, 15) is 14.4 Å². The molecule has 7 nitrogen and oxygen atoms in total. The number of rotatable bonds is 6. The summed E-state index contributed by atoms with van der Waals surface area (Å²) >= 11 is 0. The maximum absolute atomic E-state index is 12.7. The molecule has 0 aromatic heterocycles. The Bertz CT molecular complexity index is 554. The van der Waals surface area contributed by atoms with Crippen molar-refractivity contribution in [2.45, 2.75) is 111 Å². The van der Waals surface area contributed by atoms with Crippen LogP contribution in [0.15, 0.2) is 0 Å². The molecule has 1 amide bonds. The zero-order valence-electron chi connectivity index (χ0n) is 19.1. The van der Waals surface area contributed by atoms with E-state index in [1.807, 2.05) is 20.8 Å². The van der Waals surface area contributed by atoms with E-state index in [4.69, 9.17) is 14.2 Å². The smallest absolute Gasteiger partial charge is 0.408 e. The Balaban J connectivity index is 2.93. The third-order valence-corrected chi connectivity index (χ3v) is 4.97. The number of carbonyl (C=O) groups excluding carboxylic acids is 3. The van der Waals surface area contributed by atoms with E-state index in [2.05, 4.69) is 12.2 Å². The molecule has 0 aromatic rings. The Morgan fingerprint density at radius 1 is 1.24 bits per heavy atom. The van der Waals surface area contributed by atoms with Gasteiger partial charge in [-0.05, 0) is 53.4 Å². The normalized spacial score (nSPS) is 26.0. The molecule has 0 bridgehead atoms. The van der Waals surface area contributed by atoms with Crippen molar-refractivity contribution in [1.29, 1.82) is 0 Å². The molecule has 0 spiro atoms. The number of alkyl carbamates (subject to hydrolysis) is 1. The predicted octanol–water partition coefficient (Wildman–Crippen LogP) is 4.37. The van der Waals surface area contributed by atoms with Crippen LogP contribution < -0.4 is 5.32 Å².